The number of ether oxygens (including phenoxy) is 1. The zero-order chi connectivity index (χ0) is 23.5. The summed E-state index contributed by atoms with van der Waals surface area (Å²) in [5.74, 6) is 0.510. The number of aryl methyl sites for hydroxylation is 3. The van der Waals surface area contributed by atoms with Gasteiger partial charge in [0.1, 0.15) is 6.61 Å². The van der Waals surface area contributed by atoms with E-state index in [2.05, 4.69) is 43.4 Å². The summed E-state index contributed by atoms with van der Waals surface area (Å²) < 4.78 is 10.5. The Morgan fingerprint density at radius 3 is 2.64 bits per heavy atom. The molecular formula is C24H27N7O2. The third kappa shape index (κ3) is 4.48. The maximum atomic E-state index is 12.3. The van der Waals surface area contributed by atoms with Crippen LogP contribution in [0.2, 0.25) is 0 Å². The van der Waals surface area contributed by atoms with Crippen molar-refractivity contribution in [1.82, 2.24) is 24.4 Å². The van der Waals surface area contributed by atoms with Gasteiger partial charge >= 0.3 is 5.69 Å². The Kier molecular flexibility index (Phi) is 6.21. The highest BCUT2D eigenvalue weighted by Crippen LogP contribution is 2.19. The summed E-state index contributed by atoms with van der Waals surface area (Å²) in [4.78, 5) is 12.3. The fourth-order valence-electron chi connectivity index (χ4n) is 3.59. The largest absolute Gasteiger partial charge is 0.475 e. The first-order chi connectivity index (χ1) is 15.9. The van der Waals surface area contributed by atoms with Crippen LogP contribution >= 0.6 is 0 Å². The number of rotatable bonds is 6. The van der Waals surface area contributed by atoms with Crippen molar-refractivity contribution in [2.45, 2.75) is 33.8 Å². The van der Waals surface area contributed by atoms with E-state index in [1.165, 1.54) is 14.9 Å². The number of aromatic nitrogens is 5. The third-order valence-corrected chi connectivity index (χ3v) is 5.64. The molecule has 0 unspecified atom stereocenters. The predicted molar refractivity (Wildman–Crippen MR) is 129 cm³/mol. The maximum absolute atomic E-state index is 12.3. The minimum absolute atomic E-state index is 0.238. The summed E-state index contributed by atoms with van der Waals surface area (Å²) in [5.41, 5.74) is 5.13. The van der Waals surface area contributed by atoms with E-state index >= 15 is 0 Å². The lowest BCUT2D eigenvalue weighted by atomic mass is 10.1. The molecule has 0 saturated heterocycles. The molecule has 0 N–H and O–H groups in total. The van der Waals surface area contributed by atoms with Gasteiger partial charge in [-0.05, 0) is 59.7 Å². The molecule has 4 aromatic rings. The SMILES string of the molecule is CCC(=NN=C(C)c1ccc2c(ccn2C)c1)OCc1c(C)cccc1-n1nnn(C)c1=O. The first-order valence-electron chi connectivity index (χ1n) is 10.8. The molecule has 2 heterocycles. The van der Waals surface area contributed by atoms with Gasteiger partial charge in [-0.3, -0.25) is 0 Å². The number of fused-ring (bicyclic) bond motifs is 1. The number of hydrogen-bond acceptors (Lipinski definition) is 6. The fourth-order valence-corrected chi connectivity index (χ4v) is 3.59. The highest BCUT2D eigenvalue weighted by molar-refractivity contribution is 6.01. The molecule has 2 aromatic heterocycles. The standard InChI is InChI=1S/C24H27N7O2/c1-6-23(26-25-17(3)18-10-11-21-19(14-18)12-13-29(21)4)33-15-20-16(2)8-7-9-22(20)31-24(32)30(5)27-28-31/h7-14H,6,15H2,1-5H3. The van der Waals surface area contributed by atoms with Crippen LogP contribution in [0.3, 0.4) is 0 Å². The minimum atomic E-state index is -0.318. The van der Waals surface area contributed by atoms with Gasteiger partial charge in [0, 0.05) is 43.2 Å². The average Bonchev–Trinajstić information content (AvgIpc) is 3.35. The zero-order valence-electron chi connectivity index (χ0n) is 19.5. The molecule has 170 valence electrons. The summed E-state index contributed by atoms with van der Waals surface area (Å²) in [6, 6.07) is 14.0. The van der Waals surface area contributed by atoms with Gasteiger partial charge in [-0.2, -0.15) is 14.5 Å². The van der Waals surface area contributed by atoms with Gasteiger partial charge in [-0.25, -0.2) is 4.79 Å². The second kappa shape index (κ2) is 9.23. The van der Waals surface area contributed by atoms with Crippen LogP contribution in [-0.4, -0.2) is 36.0 Å². The van der Waals surface area contributed by atoms with E-state index in [1.807, 2.05) is 58.3 Å². The highest BCUT2D eigenvalue weighted by atomic mass is 16.5. The van der Waals surface area contributed by atoms with Crippen LogP contribution in [-0.2, 0) is 25.4 Å². The predicted octanol–water partition coefficient (Wildman–Crippen LogP) is 3.52. The molecule has 2 aromatic carbocycles. The Balaban J connectivity index is 1.56. The van der Waals surface area contributed by atoms with Crippen molar-refractivity contribution < 1.29 is 4.74 Å². The first kappa shape index (κ1) is 22.2. The molecule has 9 nitrogen and oxygen atoms in total. The van der Waals surface area contributed by atoms with Gasteiger partial charge in [0.25, 0.3) is 0 Å². The smallest absolute Gasteiger partial charge is 0.368 e. The Hall–Kier alpha value is -4.01. The van der Waals surface area contributed by atoms with Crippen molar-refractivity contribution in [2.75, 3.05) is 0 Å². The first-order valence-corrected chi connectivity index (χ1v) is 10.8. The van der Waals surface area contributed by atoms with Crippen LogP contribution in [0, 0.1) is 6.92 Å². The molecule has 0 radical (unpaired) electrons. The van der Waals surface area contributed by atoms with Crippen LogP contribution in [0.25, 0.3) is 16.6 Å². The van der Waals surface area contributed by atoms with Crippen molar-refractivity contribution in [3.05, 3.63) is 75.8 Å². The van der Waals surface area contributed by atoms with Gasteiger partial charge < -0.3 is 9.30 Å². The number of tetrazole rings is 1. The van der Waals surface area contributed by atoms with Crippen LogP contribution < -0.4 is 5.69 Å². The van der Waals surface area contributed by atoms with Crippen molar-refractivity contribution >= 4 is 22.5 Å². The summed E-state index contributed by atoms with van der Waals surface area (Å²) in [7, 11) is 3.59. The number of hydrogen-bond donors (Lipinski definition) is 0. The van der Waals surface area contributed by atoms with Gasteiger partial charge in [0.2, 0.25) is 5.90 Å². The van der Waals surface area contributed by atoms with Crippen molar-refractivity contribution in [3.8, 4) is 5.69 Å². The van der Waals surface area contributed by atoms with Crippen molar-refractivity contribution in [2.24, 2.45) is 24.3 Å². The zero-order valence-corrected chi connectivity index (χ0v) is 19.5. The van der Waals surface area contributed by atoms with Gasteiger partial charge in [0.15, 0.2) is 0 Å². The van der Waals surface area contributed by atoms with Crippen LogP contribution in [0.4, 0.5) is 0 Å². The van der Waals surface area contributed by atoms with E-state index in [9.17, 15) is 4.79 Å². The van der Waals surface area contributed by atoms with Crippen LogP contribution in [0.15, 0.2) is 63.7 Å². The Morgan fingerprint density at radius 2 is 1.91 bits per heavy atom. The number of nitrogens with zero attached hydrogens (tertiary/aromatic N) is 7. The average molecular weight is 446 g/mol. The Labute approximate surface area is 191 Å². The van der Waals surface area contributed by atoms with Crippen LogP contribution in [0.5, 0.6) is 0 Å². The lowest BCUT2D eigenvalue weighted by Gasteiger charge is -2.13. The molecule has 0 fully saturated rings. The van der Waals surface area contributed by atoms with Gasteiger partial charge in [-0.1, -0.05) is 25.1 Å². The summed E-state index contributed by atoms with van der Waals surface area (Å²) in [6.07, 6.45) is 2.62. The molecule has 4 rings (SSSR count). The highest BCUT2D eigenvalue weighted by Gasteiger charge is 2.14. The topological polar surface area (TPSA) is 91.6 Å². The normalized spacial score (nSPS) is 12.5. The Morgan fingerprint density at radius 1 is 1.09 bits per heavy atom. The molecule has 33 heavy (non-hydrogen) atoms. The van der Waals surface area contributed by atoms with Crippen molar-refractivity contribution in [1.29, 1.82) is 0 Å². The molecule has 9 heteroatoms. The minimum Gasteiger partial charge on any atom is -0.475 e. The molecule has 0 spiro atoms. The summed E-state index contributed by atoms with van der Waals surface area (Å²) in [5, 5.41) is 17.7. The van der Waals surface area contributed by atoms with Crippen LogP contribution in [0.1, 0.15) is 37.0 Å². The molecule has 0 atom stereocenters. The monoisotopic (exact) mass is 445 g/mol. The van der Waals surface area contributed by atoms with E-state index < -0.39 is 0 Å². The third-order valence-electron chi connectivity index (χ3n) is 5.64. The second-order valence-electron chi connectivity index (χ2n) is 7.89. The summed E-state index contributed by atoms with van der Waals surface area (Å²) in [6.45, 7) is 6.10. The number of benzene rings is 2. The van der Waals surface area contributed by atoms with E-state index in [0.717, 1.165) is 27.8 Å². The van der Waals surface area contributed by atoms with E-state index in [0.29, 0.717) is 18.0 Å². The molecule has 0 bridgehead atoms. The van der Waals surface area contributed by atoms with E-state index in [4.69, 9.17) is 4.74 Å². The molecule has 0 aliphatic rings. The maximum Gasteiger partial charge on any atom is 0.368 e. The second-order valence-corrected chi connectivity index (χ2v) is 7.89. The van der Waals surface area contributed by atoms with E-state index in [1.54, 1.807) is 7.05 Å². The molecule has 0 aliphatic carbocycles. The molecule has 0 saturated carbocycles. The van der Waals surface area contributed by atoms with Gasteiger partial charge in [0.05, 0.1) is 11.4 Å². The molecule has 0 amide bonds. The van der Waals surface area contributed by atoms with E-state index in [-0.39, 0.29) is 12.3 Å². The fraction of sp³-hybridized carbons (Fsp3) is 0.292. The molecular weight excluding hydrogens is 418 g/mol. The lowest BCUT2D eigenvalue weighted by Crippen LogP contribution is -2.23. The quantitative estimate of drug-likeness (QED) is 0.258. The van der Waals surface area contributed by atoms with Gasteiger partial charge in [-0.15, -0.1) is 5.10 Å². The molecule has 0 aliphatic heterocycles. The Bertz CT molecular complexity index is 1420. The van der Waals surface area contributed by atoms with Crippen molar-refractivity contribution in [3.63, 3.8) is 0 Å². The lowest BCUT2D eigenvalue weighted by molar-refractivity contribution is 0.282. The summed E-state index contributed by atoms with van der Waals surface area (Å²) >= 11 is 0.